The molecule has 0 amide bonds. The molecule has 4 rings (SSSR count). The molecule has 0 atom stereocenters. The summed E-state index contributed by atoms with van der Waals surface area (Å²) in [5.74, 6) is 1.75. The highest BCUT2D eigenvalue weighted by molar-refractivity contribution is 5.38. The van der Waals surface area contributed by atoms with Gasteiger partial charge in [-0.1, -0.05) is 84.9 Å². The van der Waals surface area contributed by atoms with Crippen LogP contribution in [0.5, 0.6) is 11.5 Å². The van der Waals surface area contributed by atoms with E-state index in [4.69, 9.17) is 14.9 Å². The lowest BCUT2D eigenvalue weighted by Gasteiger charge is -2.10. The maximum absolute atomic E-state index is 7.62. The lowest BCUT2D eigenvalue weighted by molar-refractivity contribution is 0.186. The third-order valence-corrected chi connectivity index (χ3v) is 4.63. The van der Waals surface area contributed by atoms with Crippen molar-refractivity contribution >= 4 is 0 Å². The largest absolute Gasteiger partial charge is 0.457 e. The molecular weight excluding hydrogens is 384 g/mol. The summed E-state index contributed by atoms with van der Waals surface area (Å²) >= 11 is 0. The van der Waals surface area contributed by atoms with Gasteiger partial charge < -0.3 is 14.9 Å². The van der Waals surface area contributed by atoms with E-state index in [1.165, 1.54) is 22.3 Å². The highest BCUT2D eigenvalue weighted by Crippen LogP contribution is 2.25. The van der Waals surface area contributed by atoms with Crippen molar-refractivity contribution in [3.8, 4) is 11.5 Å². The number of hydrogen-bond donors (Lipinski definition) is 2. The summed E-state index contributed by atoms with van der Waals surface area (Å²) in [4.78, 5) is 0. The zero-order chi connectivity index (χ0) is 21.7. The van der Waals surface area contributed by atoms with Gasteiger partial charge in [0.15, 0.2) is 0 Å². The normalized spacial score (nSPS) is 10.1. The average Bonchev–Trinajstić information content (AvgIpc) is 2.81. The topological polar surface area (TPSA) is 49.7 Å². The van der Waals surface area contributed by atoms with Gasteiger partial charge in [0.2, 0.25) is 0 Å². The minimum Gasteiger partial charge on any atom is -0.457 e. The summed E-state index contributed by atoms with van der Waals surface area (Å²) in [5.41, 5.74) is 5.11. The number of aliphatic hydroxyl groups is 2. The predicted octanol–water partition coefficient (Wildman–Crippen LogP) is 5.63. The molecule has 3 heteroatoms. The summed E-state index contributed by atoms with van der Waals surface area (Å²) in [6.07, 6.45) is 1.82. The Labute approximate surface area is 184 Å². The molecule has 0 aromatic heterocycles. The van der Waals surface area contributed by atoms with Crippen molar-refractivity contribution in [1.29, 1.82) is 0 Å². The molecule has 0 radical (unpaired) electrons. The first-order valence-electron chi connectivity index (χ1n) is 10.4. The van der Waals surface area contributed by atoms with Crippen LogP contribution in [0, 0.1) is 0 Å². The molecule has 0 bridgehead atoms. The van der Waals surface area contributed by atoms with E-state index in [0.717, 1.165) is 24.3 Å². The minimum absolute atomic E-state index is 0.125. The molecule has 31 heavy (non-hydrogen) atoms. The molecule has 0 saturated carbocycles. The Bertz CT molecular complexity index is 945. The fraction of sp³-hybridized carbons (Fsp3) is 0.143. The maximum Gasteiger partial charge on any atom is 0.127 e. The van der Waals surface area contributed by atoms with Gasteiger partial charge >= 0.3 is 0 Å². The van der Waals surface area contributed by atoms with E-state index < -0.39 is 0 Å². The zero-order valence-electron chi connectivity index (χ0n) is 17.5. The second-order valence-corrected chi connectivity index (χ2v) is 7.17. The monoisotopic (exact) mass is 412 g/mol. The Balaban J connectivity index is 0.000000628. The molecule has 0 aliphatic rings. The lowest BCUT2D eigenvalue weighted by Crippen LogP contribution is -1.91. The van der Waals surface area contributed by atoms with Crippen molar-refractivity contribution in [2.45, 2.75) is 12.8 Å². The molecule has 4 aromatic carbocycles. The Hall–Kier alpha value is -3.40. The van der Waals surface area contributed by atoms with Crippen molar-refractivity contribution in [1.82, 2.24) is 0 Å². The fourth-order valence-electron chi connectivity index (χ4n) is 3.24. The fourth-order valence-corrected chi connectivity index (χ4v) is 3.24. The zero-order valence-corrected chi connectivity index (χ0v) is 17.5. The van der Waals surface area contributed by atoms with Crippen LogP contribution in [0.2, 0.25) is 0 Å². The van der Waals surface area contributed by atoms with Crippen LogP contribution < -0.4 is 4.74 Å². The minimum atomic E-state index is -0.125. The molecule has 0 unspecified atom stereocenters. The van der Waals surface area contributed by atoms with Crippen LogP contribution in [0.4, 0.5) is 0 Å². The molecular formula is C28H28O3. The Morgan fingerprint density at radius 2 is 0.839 bits per heavy atom. The van der Waals surface area contributed by atoms with Crippen molar-refractivity contribution < 1.29 is 14.9 Å². The molecule has 3 nitrogen and oxygen atoms in total. The number of benzene rings is 4. The lowest BCUT2D eigenvalue weighted by atomic mass is 10.0. The molecule has 158 valence electrons. The van der Waals surface area contributed by atoms with Gasteiger partial charge in [0.25, 0.3) is 0 Å². The molecule has 0 aliphatic carbocycles. The van der Waals surface area contributed by atoms with E-state index in [2.05, 4.69) is 84.9 Å². The first kappa shape index (κ1) is 22.3. The van der Waals surface area contributed by atoms with Crippen LogP contribution in [-0.4, -0.2) is 23.4 Å². The SMILES string of the molecule is OCCO.c1ccc(Cc2cccc(Oc3cccc(Cc4ccccc4)c3)c2)cc1. The van der Waals surface area contributed by atoms with Crippen LogP contribution in [0.1, 0.15) is 22.3 Å². The van der Waals surface area contributed by atoms with E-state index in [-0.39, 0.29) is 13.2 Å². The number of rotatable bonds is 7. The summed E-state index contributed by atoms with van der Waals surface area (Å²) < 4.78 is 6.14. The highest BCUT2D eigenvalue weighted by atomic mass is 16.5. The Morgan fingerprint density at radius 1 is 0.452 bits per heavy atom. The first-order valence-corrected chi connectivity index (χ1v) is 10.4. The van der Waals surface area contributed by atoms with Gasteiger partial charge in [-0.2, -0.15) is 0 Å². The maximum atomic E-state index is 7.62. The second kappa shape index (κ2) is 12.3. The molecule has 2 N–H and O–H groups in total. The highest BCUT2D eigenvalue weighted by Gasteiger charge is 2.03. The van der Waals surface area contributed by atoms with Crippen molar-refractivity contribution in [3.63, 3.8) is 0 Å². The van der Waals surface area contributed by atoms with Gasteiger partial charge in [0.05, 0.1) is 13.2 Å². The van der Waals surface area contributed by atoms with Crippen molar-refractivity contribution in [2.75, 3.05) is 13.2 Å². The molecule has 4 aromatic rings. The molecule has 0 fully saturated rings. The molecule has 0 spiro atoms. The Kier molecular flexibility index (Phi) is 8.87. The van der Waals surface area contributed by atoms with Gasteiger partial charge in [0.1, 0.15) is 11.5 Å². The van der Waals surface area contributed by atoms with E-state index >= 15 is 0 Å². The van der Waals surface area contributed by atoms with Crippen LogP contribution in [0.3, 0.4) is 0 Å². The standard InChI is InChI=1S/C26H22O.C2H6O2/c1-3-9-21(10-4-1)17-23-13-7-15-25(19-23)27-26-16-8-14-24(20-26)18-22-11-5-2-6-12-22;3-1-2-4/h1-16,19-20H,17-18H2;3-4H,1-2H2. The quantitative estimate of drug-likeness (QED) is 0.413. The first-order chi connectivity index (χ1) is 15.3. The van der Waals surface area contributed by atoms with Crippen LogP contribution in [0.25, 0.3) is 0 Å². The predicted molar refractivity (Wildman–Crippen MR) is 126 cm³/mol. The van der Waals surface area contributed by atoms with E-state index in [1.807, 2.05) is 24.3 Å². The second-order valence-electron chi connectivity index (χ2n) is 7.17. The summed E-state index contributed by atoms with van der Waals surface area (Å²) in [7, 11) is 0. The summed E-state index contributed by atoms with van der Waals surface area (Å²) in [6.45, 7) is -0.250. The van der Waals surface area contributed by atoms with Crippen molar-refractivity contribution in [2.24, 2.45) is 0 Å². The van der Waals surface area contributed by atoms with Gasteiger partial charge in [-0.05, 0) is 59.4 Å². The summed E-state index contributed by atoms with van der Waals surface area (Å²) in [6, 6.07) is 37.7. The average molecular weight is 413 g/mol. The van der Waals surface area contributed by atoms with E-state index in [9.17, 15) is 0 Å². The molecule has 0 aliphatic heterocycles. The smallest absolute Gasteiger partial charge is 0.127 e. The van der Waals surface area contributed by atoms with Gasteiger partial charge in [0, 0.05) is 0 Å². The number of ether oxygens (including phenoxy) is 1. The Morgan fingerprint density at radius 3 is 1.23 bits per heavy atom. The van der Waals surface area contributed by atoms with Gasteiger partial charge in [-0.15, -0.1) is 0 Å². The van der Waals surface area contributed by atoms with Gasteiger partial charge in [-0.3, -0.25) is 0 Å². The van der Waals surface area contributed by atoms with Gasteiger partial charge in [-0.25, -0.2) is 0 Å². The summed E-state index contributed by atoms with van der Waals surface area (Å²) in [5, 5.41) is 15.2. The number of hydrogen-bond acceptors (Lipinski definition) is 3. The van der Waals surface area contributed by atoms with Crippen molar-refractivity contribution in [3.05, 3.63) is 131 Å². The van der Waals surface area contributed by atoms with E-state index in [0.29, 0.717) is 0 Å². The van der Waals surface area contributed by atoms with Crippen LogP contribution in [0.15, 0.2) is 109 Å². The third-order valence-electron chi connectivity index (χ3n) is 4.63. The molecule has 0 saturated heterocycles. The number of aliphatic hydroxyl groups excluding tert-OH is 2. The van der Waals surface area contributed by atoms with Crippen LogP contribution in [-0.2, 0) is 12.8 Å². The van der Waals surface area contributed by atoms with Crippen LogP contribution >= 0.6 is 0 Å². The third kappa shape index (κ3) is 7.74. The van der Waals surface area contributed by atoms with E-state index in [1.54, 1.807) is 0 Å². The molecule has 0 heterocycles.